The van der Waals surface area contributed by atoms with Gasteiger partial charge >= 0.3 is 6.09 Å². The van der Waals surface area contributed by atoms with Gasteiger partial charge in [-0.05, 0) is 83.8 Å². The maximum Gasteiger partial charge on any atom is 0.411 e. The van der Waals surface area contributed by atoms with Crippen molar-refractivity contribution in [3.05, 3.63) is 88.9 Å². The lowest BCUT2D eigenvalue weighted by atomic mass is 9.96. The van der Waals surface area contributed by atoms with Crippen LogP contribution in [0, 0.1) is 5.82 Å². The summed E-state index contributed by atoms with van der Waals surface area (Å²) in [4.78, 5) is 15.7. The van der Waals surface area contributed by atoms with Crippen LogP contribution in [0.25, 0.3) is 22.6 Å². The number of allylic oxidation sites excluding steroid dienone is 3. The number of halogens is 2. The van der Waals surface area contributed by atoms with E-state index < -0.39 is 17.5 Å². The molecule has 1 fully saturated rings. The molecule has 2 aromatic heterocycles. The summed E-state index contributed by atoms with van der Waals surface area (Å²) in [7, 11) is 1.26. The van der Waals surface area contributed by atoms with Gasteiger partial charge < -0.3 is 19.5 Å². The SMILES string of the molecule is C\C=C(/C=C1/CCC(O)(c2ncc(-c3ccc(NC(=O)OC)cc3)o2)/C1=N\O)c1c(-n2cnnn2)ccc(Cl)c1F. The van der Waals surface area contributed by atoms with Crippen molar-refractivity contribution in [2.45, 2.75) is 25.4 Å². The molecule has 12 nitrogen and oxygen atoms in total. The second kappa shape index (κ2) is 11.3. The Morgan fingerprint density at radius 3 is 2.73 bits per heavy atom. The van der Waals surface area contributed by atoms with E-state index in [-0.39, 0.29) is 35.0 Å². The first-order valence-corrected chi connectivity index (χ1v) is 12.6. The number of hydrogen-bond acceptors (Lipinski definition) is 10. The maximum absolute atomic E-state index is 15.4. The van der Waals surface area contributed by atoms with Gasteiger partial charge in [0.05, 0.1) is 24.0 Å². The highest BCUT2D eigenvalue weighted by atomic mass is 35.5. The average Bonchev–Trinajstić information content (AvgIpc) is 3.75. The molecule has 1 saturated carbocycles. The van der Waals surface area contributed by atoms with Gasteiger partial charge in [-0.1, -0.05) is 22.8 Å². The minimum Gasteiger partial charge on any atom is -0.453 e. The lowest BCUT2D eigenvalue weighted by Gasteiger charge is -2.18. The Morgan fingerprint density at radius 1 is 1.29 bits per heavy atom. The molecule has 0 bridgehead atoms. The highest BCUT2D eigenvalue weighted by Crippen LogP contribution is 2.42. The van der Waals surface area contributed by atoms with Crippen molar-refractivity contribution in [3.8, 4) is 17.0 Å². The number of nitrogens with one attached hydrogen (secondary N) is 1. The summed E-state index contributed by atoms with van der Waals surface area (Å²) in [5.41, 5.74) is 0.483. The van der Waals surface area contributed by atoms with Crippen molar-refractivity contribution in [3.63, 3.8) is 0 Å². The molecule has 0 aliphatic heterocycles. The maximum atomic E-state index is 15.4. The molecule has 0 spiro atoms. The van der Waals surface area contributed by atoms with Crippen LogP contribution in [0.4, 0.5) is 14.9 Å². The number of ether oxygens (including phenoxy) is 1. The third kappa shape index (κ3) is 5.19. The molecule has 4 aromatic rings. The molecule has 1 unspecified atom stereocenters. The number of aromatic nitrogens is 5. The van der Waals surface area contributed by atoms with Crippen LogP contribution in [0.3, 0.4) is 0 Å². The van der Waals surface area contributed by atoms with E-state index >= 15 is 4.39 Å². The van der Waals surface area contributed by atoms with Gasteiger partial charge in [-0.15, -0.1) is 5.10 Å². The zero-order valence-electron chi connectivity index (χ0n) is 21.7. The number of anilines is 1. The summed E-state index contributed by atoms with van der Waals surface area (Å²) in [5, 5.41) is 38.5. The van der Waals surface area contributed by atoms with Crippen LogP contribution >= 0.6 is 11.6 Å². The normalized spacial score (nSPS) is 19.2. The zero-order valence-corrected chi connectivity index (χ0v) is 22.5. The smallest absolute Gasteiger partial charge is 0.411 e. The standard InChI is InChI=1S/C27H23ClFN7O5/c1-3-15(22-20(36-14-31-34-35-36)9-8-19(28)23(22)29)12-17-10-11-27(38,24(17)33-39)25-30-13-21(41-25)16-4-6-18(7-5-16)32-26(37)40-2/h3-9,12-14,38-39H,10-11H2,1-2H3,(H,32,37)/b15-3+,17-12-,33-24-. The molecule has 5 rings (SSSR count). The fourth-order valence-corrected chi connectivity index (χ4v) is 4.72. The number of nitrogens with zero attached hydrogens (tertiary/aromatic N) is 6. The molecule has 1 amide bonds. The predicted octanol–water partition coefficient (Wildman–Crippen LogP) is 5.13. The van der Waals surface area contributed by atoms with Crippen molar-refractivity contribution in [1.29, 1.82) is 0 Å². The zero-order chi connectivity index (χ0) is 29.1. The molecule has 1 aliphatic rings. The Labute approximate surface area is 237 Å². The van der Waals surface area contributed by atoms with Crippen LogP contribution < -0.4 is 5.32 Å². The van der Waals surface area contributed by atoms with Crippen molar-refractivity contribution in [1.82, 2.24) is 25.2 Å². The summed E-state index contributed by atoms with van der Waals surface area (Å²) in [6, 6.07) is 9.67. The number of aliphatic hydroxyl groups is 1. The number of carbonyl (C=O) groups excluding carboxylic acids is 1. The van der Waals surface area contributed by atoms with Gasteiger partial charge in [-0.3, -0.25) is 5.32 Å². The van der Waals surface area contributed by atoms with E-state index in [1.54, 1.807) is 49.4 Å². The van der Waals surface area contributed by atoms with E-state index in [0.717, 1.165) is 0 Å². The highest BCUT2D eigenvalue weighted by Gasteiger charge is 2.47. The second-order valence-corrected chi connectivity index (χ2v) is 9.36. The van der Waals surface area contributed by atoms with Gasteiger partial charge in [0.1, 0.15) is 12.0 Å². The predicted molar refractivity (Wildman–Crippen MR) is 146 cm³/mol. The van der Waals surface area contributed by atoms with E-state index in [9.17, 15) is 15.1 Å². The van der Waals surface area contributed by atoms with Gasteiger partial charge in [0.15, 0.2) is 17.2 Å². The summed E-state index contributed by atoms with van der Waals surface area (Å²) >= 11 is 6.10. The van der Waals surface area contributed by atoms with Crippen LogP contribution in [-0.4, -0.2) is 54.4 Å². The Morgan fingerprint density at radius 2 is 2.07 bits per heavy atom. The third-order valence-corrected chi connectivity index (χ3v) is 6.90. The van der Waals surface area contributed by atoms with Crippen LogP contribution in [0.2, 0.25) is 5.02 Å². The molecular formula is C27H23ClFN7O5. The first kappa shape index (κ1) is 27.7. The summed E-state index contributed by atoms with van der Waals surface area (Å²) in [6.07, 6.45) is 5.77. The monoisotopic (exact) mass is 579 g/mol. The lowest BCUT2D eigenvalue weighted by Crippen LogP contribution is -2.31. The van der Waals surface area contributed by atoms with E-state index in [1.807, 2.05) is 0 Å². The number of oxime groups is 1. The topological polar surface area (TPSA) is 161 Å². The number of rotatable bonds is 6. The van der Waals surface area contributed by atoms with Gasteiger partial charge in [0.25, 0.3) is 0 Å². The Bertz CT molecular complexity index is 1680. The van der Waals surface area contributed by atoms with Gasteiger partial charge in [-0.25, -0.2) is 14.2 Å². The number of hydrogen-bond donors (Lipinski definition) is 3. The Kier molecular flexibility index (Phi) is 7.64. The van der Waals surface area contributed by atoms with Crippen LogP contribution in [0.5, 0.6) is 0 Å². The third-order valence-electron chi connectivity index (χ3n) is 6.61. The molecule has 0 saturated heterocycles. The fourth-order valence-electron chi connectivity index (χ4n) is 4.56. The van der Waals surface area contributed by atoms with Crippen LogP contribution in [-0.2, 0) is 10.3 Å². The number of benzene rings is 2. The van der Waals surface area contributed by atoms with E-state index in [0.29, 0.717) is 33.8 Å². The molecular weight excluding hydrogens is 557 g/mol. The number of tetrazole rings is 1. The van der Waals surface area contributed by atoms with Crippen molar-refractivity contribution in [2.24, 2.45) is 5.16 Å². The number of carbonyl (C=O) groups is 1. The molecule has 1 atom stereocenters. The molecule has 1 aliphatic carbocycles. The van der Waals surface area contributed by atoms with Gasteiger partial charge in [-0.2, -0.15) is 4.68 Å². The summed E-state index contributed by atoms with van der Waals surface area (Å²) < 4.78 is 27.1. The molecule has 210 valence electrons. The van der Waals surface area contributed by atoms with Crippen molar-refractivity contribution < 1.29 is 28.7 Å². The quantitative estimate of drug-likeness (QED) is 0.208. The highest BCUT2D eigenvalue weighted by molar-refractivity contribution is 6.31. The molecule has 14 heteroatoms. The number of amides is 1. The lowest BCUT2D eigenvalue weighted by molar-refractivity contribution is 0.0783. The molecule has 41 heavy (non-hydrogen) atoms. The van der Waals surface area contributed by atoms with Crippen molar-refractivity contribution in [2.75, 3.05) is 12.4 Å². The minimum absolute atomic E-state index is 0.0780. The molecule has 2 aromatic carbocycles. The largest absolute Gasteiger partial charge is 0.453 e. The number of methoxy groups -OCH3 is 1. The van der Waals surface area contributed by atoms with Crippen LogP contribution in [0.1, 0.15) is 31.2 Å². The first-order valence-electron chi connectivity index (χ1n) is 12.2. The van der Waals surface area contributed by atoms with E-state index in [4.69, 9.17) is 16.0 Å². The van der Waals surface area contributed by atoms with Gasteiger partial charge in [0, 0.05) is 16.8 Å². The molecule has 3 N–H and O–H groups in total. The fraction of sp³-hybridized carbons (Fsp3) is 0.185. The Hall–Kier alpha value is -4.88. The molecule has 0 radical (unpaired) electrons. The average molecular weight is 580 g/mol. The first-order chi connectivity index (χ1) is 19.8. The van der Waals surface area contributed by atoms with Gasteiger partial charge in [0.2, 0.25) is 5.89 Å². The molecule has 2 heterocycles. The summed E-state index contributed by atoms with van der Waals surface area (Å²) in [5.74, 6) is -0.426. The number of oxazole rings is 1. The van der Waals surface area contributed by atoms with E-state index in [2.05, 4.69) is 35.7 Å². The van der Waals surface area contributed by atoms with Crippen molar-refractivity contribution >= 4 is 34.7 Å². The second-order valence-electron chi connectivity index (χ2n) is 8.96. The van der Waals surface area contributed by atoms with E-state index in [1.165, 1.54) is 30.4 Å². The minimum atomic E-state index is -1.85. The Balaban J connectivity index is 1.46. The van der Waals surface area contributed by atoms with Crippen LogP contribution in [0.15, 0.2) is 76.2 Å². The summed E-state index contributed by atoms with van der Waals surface area (Å²) in [6.45, 7) is 1.71.